The van der Waals surface area contributed by atoms with Crippen molar-refractivity contribution in [1.82, 2.24) is 15.5 Å². The SMILES string of the molecule is COc1ccccc1CN=C(NCC(=O)N(C)C)NCc1cccs1.I. The van der Waals surface area contributed by atoms with Crippen molar-refractivity contribution < 1.29 is 9.53 Å². The number of methoxy groups -OCH3 is 1. The lowest BCUT2D eigenvalue weighted by atomic mass is 10.2. The summed E-state index contributed by atoms with van der Waals surface area (Å²) in [7, 11) is 5.11. The molecule has 6 nitrogen and oxygen atoms in total. The maximum atomic E-state index is 11.8. The van der Waals surface area contributed by atoms with Crippen LogP contribution in [0.2, 0.25) is 0 Å². The van der Waals surface area contributed by atoms with Crippen molar-refractivity contribution in [2.45, 2.75) is 13.1 Å². The van der Waals surface area contributed by atoms with Gasteiger partial charge in [-0.1, -0.05) is 24.3 Å². The summed E-state index contributed by atoms with van der Waals surface area (Å²) < 4.78 is 5.36. The van der Waals surface area contributed by atoms with Crippen molar-refractivity contribution >= 4 is 47.2 Å². The molecule has 1 amide bonds. The number of guanidine groups is 1. The molecule has 0 saturated carbocycles. The number of halogens is 1. The van der Waals surface area contributed by atoms with Crippen LogP contribution in [0.5, 0.6) is 5.75 Å². The van der Waals surface area contributed by atoms with Crippen LogP contribution >= 0.6 is 35.3 Å². The van der Waals surface area contributed by atoms with Crippen LogP contribution < -0.4 is 15.4 Å². The molecule has 0 unspecified atom stereocenters. The molecule has 0 aliphatic heterocycles. The number of carbonyl (C=O) groups is 1. The van der Waals surface area contributed by atoms with Gasteiger partial charge in [-0.05, 0) is 17.5 Å². The summed E-state index contributed by atoms with van der Waals surface area (Å²) in [4.78, 5) is 19.1. The van der Waals surface area contributed by atoms with Gasteiger partial charge in [-0.3, -0.25) is 4.79 Å². The van der Waals surface area contributed by atoms with Crippen LogP contribution in [0.25, 0.3) is 0 Å². The number of hydrogen-bond donors (Lipinski definition) is 2. The van der Waals surface area contributed by atoms with E-state index in [9.17, 15) is 4.79 Å². The van der Waals surface area contributed by atoms with Crippen molar-refractivity contribution in [3.8, 4) is 5.75 Å². The lowest BCUT2D eigenvalue weighted by Crippen LogP contribution is -2.42. The second kappa shape index (κ2) is 11.7. The predicted molar refractivity (Wildman–Crippen MR) is 117 cm³/mol. The van der Waals surface area contributed by atoms with Crippen molar-refractivity contribution in [2.24, 2.45) is 4.99 Å². The molecule has 1 aromatic heterocycles. The lowest BCUT2D eigenvalue weighted by molar-refractivity contribution is -0.127. The maximum Gasteiger partial charge on any atom is 0.241 e. The maximum absolute atomic E-state index is 11.8. The van der Waals surface area contributed by atoms with Gasteiger partial charge in [-0.2, -0.15) is 0 Å². The Morgan fingerprint density at radius 3 is 2.62 bits per heavy atom. The zero-order valence-corrected chi connectivity index (χ0v) is 18.3. The Hall–Kier alpha value is -1.81. The molecule has 0 aliphatic rings. The third-order valence-corrected chi connectivity index (χ3v) is 4.39. The van der Waals surface area contributed by atoms with Crippen LogP contribution in [0.3, 0.4) is 0 Å². The smallest absolute Gasteiger partial charge is 0.241 e. The van der Waals surface area contributed by atoms with Crippen LogP contribution in [0.15, 0.2) is 46.8 Å². The summed E-state index contributed by atoms with van der Waals surface area (Å²) in [5.41, 5.74) is 0.987. The van der Waals surface area contributed by atoms with E-state index in [0.29, 0.717) is 19.0 Å². The highest BCUT2D eigenvalue weighted by Crippen LogP contribution is 2.17. The first kappa shape index (κ1) is 22.2. The van der Waals surface area contributed by atoms with Crippen molar-refractivity contribution in [3.05, 3.63) is 52.2 Å². The van der Waals surface area contributed by atoms with E-state index >= 15 is 0 Å². The minimum Gasteiger partial charge on any atom is -0.496 e. The number of benzene rings is 1. The fourth-order valence-electron chi connectivity index (χ4n) is 2.07. The van der Waals surface area contributed by atoms with Gasteiger partial charge in [0.1, 0.15) is 5.75 Å². The fourth-order valence-corrected chi connectivity index (χ4v) is 2.72. The zero-order chi connectivity index (χ0) is 18.1. The molecule has 2 aromatic rings. The number of ether oxygens (including phenoxy) is 1. The normalized spacial score (nSPS) is 10.7. The van der Waals surface area contributed by atoms with Gasteiger partial charge >= 0.3 is 0 Å². The molecular formula is C18H25IN4O2S. The van der Waals surface area contributed by atoms with Gasteiger partial charge in [0.2, 0.25) is 5.91 Å². The van der Waals surface area contributed by atoms with Crippen molar-refractivity contribution in [3.63, 3.8) is 0 Å². The van der Waals surface area contributed by atoms with Crippen LogP contribution in [-0.4, -0.2) is 44.5 Å². The Morgan fingerprint density at radius 1 is 1.19 bits per heavy atom. The molecule has 0 atom stereocenters. The lowest BCUT2D eigenvalue weighted by Gasteiger charge is -2.15. The summed E-state index contributed by atoms with van der Waals surface area (Å²) in [5.74, 6) is 1.38. The first-order valence-electron chi connectivity index (χ1n) is 7.96. The highest BCUT2D eigenvalue weighted by atomic mass is 127. The molecule has 0 saturated heterocycles. The number of carbonyl (C=O) groups excluding carboxylic acids is 1. The second-order valence-corrected chi connectivity index (χ2v) is 6.58. The van der Waals surface area contributed by atoms with Crippen LogP contribution in [0.1, 0.15) is 10.4 Å². The molecule has 0 fully saturated rings. The number of likely N-dealkylation sites (N-methyl/N-ethyl adjacent to an activating group) is 1. The van der Waals surface area contributed by atoms with E-state index in [4.69, 9.17) is 4.74 Å². The molecule has 1 heterocycles. The number of aliphatic imine (C=N–C) groups is 1. The number of nitrogens with one attached hydrogen (secondary N) is 2. The van der Waals surface area contributed by atoms with Crippen molar-refractivity contribution in [1.29, 1.82) is 0 Å². The van der Waals surface area contributed by atoms with E-state index in [1.54, 1.807) is 37.4 Å². The molecule has 1 aromatic carbocycles. The fraction of sp³-hybridized carbons (Fsp3) is 0.333. The molecule has 0 bridgehead atoms. The minimum absolute atomic E-state index is 0. The first-order chi connectivity index (χ1) is 12.1. The first-order valence-corrected chi connectivity index (χ1v) is 8.84. The van der Waals surface area contributed by atoms with Gasteiger partial charge in [-0.15, -0.1) is 35.3 Å². The van der Waals surface area contributed by atoms with Gasteiger partial charge in [0.25, 0.3) is 0 Å². The van der Waals surface area contributed by atoms with Gasteiger partial charge in [0.05, 0.1) is 26.7 Å². The van der Waals surface area contributed by atoms with Gasteiger partial charge < -0.3 is 20.3 Å². The van der Waals surface area contributed by atoms with E-state index in [0.717, 1.165) is 11.3 Å². The predicted octanol–water partition coefficient (Wildman–Crippen LogP) is 2.70. The Bertz CT molecular complexity index is 705. The molecule has 0 aliphatic carbocycles. The number of rotatable bonds is 7. The highest BCUT2D eigenvalue weighted by molar-refractivity contribution is 14.0. The van der Waals surface area contributed by atoms with E-state index in [1.165, 1.54) is 4.88 Å². The number of para-hydroxylation sites is 1. The average Bonchev–Trinajstić information content (AvgIpc) is 3.14. The quantitative estimate of drug-likeness (QED) is 0.358. The van der Waals surface area contributed by atoms with E-state index in [1.807, 2.05) is 35.7 Å². The Morgan fingerprint density at radius 2 is 1.96 bits per heavy atom. The number of hydrogen-bond acceptors (Lipinski definition) is 4. The monoisotopic (exact) mass is 488 g/mol. The summed E-state index contributed by atoms with van der Waals surface area (Å²) in [6.07, 6.45) is 0. The van der Waals surface area contributed by atoms with Crippen molar-refractivity contribution in [2.75, 3.05) is 27.7 Å². The van der Waals surface area contributed by atoms with E-state index in [-0.39, 0.29) is 36.4 Å². The van der Waals surface area contributed by atoms with E-state index < -0.39 is 0 Å². The molecule has 2 rings (SSSR count). The molecule has 0 radical (unpaired) electrons. The average molecular weight is 488 g/mol. The Labute approximate surface area is 175 Å². The van der Waals surface area contributed by atoms with Gasteiger partial charge in [-0.25, -0.2) is 4.99 Å². The summed E-state index contributed by atoms with van der Waals surface area (Å²) in [6.45, 7) is 1.31. The molecule has 0 spiro atoms. The standard InChI is InChI=1S/C18H24N4O2S.HI/c1-22(2)17(23)13-21-18(20-12-15-8-6-10-25-15)19-11-14-7-4-5-9-16(14)24-3;/h4-10H,11-13H2,1-3H3,(H2,19,20,21);1H. The second-order valence-electron chi connectivity index (χ2n) is 5.55. The Balaban J connectivity index is 0.00000338. The Kier molecular flexibility index (Phi) is 10.0. The van der Waals surface area contributed by atoms with Crippen LogP contribution in [0, 0.1) is 0 Å². The largest absolute Gasteiger partial charge is 0.496 e. The van der Waals surface area contributed by atoms with Crippen LogP contribution in [-0.2, 0) is 17.9 Å². The summed E-state index contributed by atoms with van der Waals surface area (Å²) in [5, 5.41) is 8.38. The van der Waals surface area contributed by atoms with Crippen LogP contribution in [0.4, 0.5) is 0 Å². The third kappa shape index (κ3) is 7.20. The van der Waals surface area contributed by atoms with E-state index in [2.05, 4.69) is 21.7 Å². The highest BCUT2D eigenvalue weighted by Gasteiger charge is 2.07. The number of amides is 1. The third-order valence-electron chi connectivity index (χ3n) is 3.52. The molecule has 26 heavy (non-hydrogen) atoms. The number of nitrogens with zero attached hydrogens (tertiary/aromatic N) is 2. The molecular weight excluding hydrogens is 463 g/mol. The zero-order valence-electron chi connectivity index (χ0n) is 15.2. The summed E-state index contributed by atoms with van der Waals surface area (Å²) >= 11 is 1.67. The minimum atomic E-state index is -0.0112. The summed E-state index contributed by atoms with van der Waals surface area (Å²) in [6, 6.07) is 11.8. The topological polar surface area (TPSA) is 66.0 Å². The van der Waals surface area contributed by atoms with Gasteiger partial charge in [0, 0.05) is 24.5 Å². The molecule has 2 N–H and O–H groups in total. The number of thiophene rings is 1. The van der Waals surface area contributed by atoms with Gasteiger partial charge in [0.15, 0.2) is 5.96 Å². The molecule has 8 heteroatoms. The molecule has 142 valence electrons.